The molecular weight excluding hydrogens is 286 g/mol. The summed E-state index contributed by atoms with van der Waals surface area (Å²) in [6.07, 6.45) is 4.97. The second-order valence-electron chi connectivity index (χ2n) is 5.47. The smallest absolute Gasteiger partial charge is 0.255 e. The second kappa shape index (κ2) is 5.99. The van der Waals surface area contributed by atoms with Crippen molar-refractivity contribution >= 4 is 17.2 Å². The number of hydrogen-bond donors (Lipinski definition) is 2. The van der Waals surface area contributed by atoms with Crippen LogP contribution in [0.15, 0.2) is 23.7 Å². The van der Waals surface area contributed by atoms with Gasteiger partial charge in [-0.1, -0.05) is 18.9 Å². The summed E-state index contributed by atoms with van der Waals surface area (Å²) in [5.41, 5.74) is 1.27. The number of nitrogens with one attached hydrogen (secondary N) is 1. The SMILES string of the molecule is Cn1cc(C(=O)NC2CCCCC2O)c(-c2cccs2)n1. The van der Waals surface area contributed by atoms with Gasteiger partial charge in [0.15, 0.2) is 0 Å². The topological polar surface area (TPSA) is 67.2 Å². The standard InChI is InChI=1S/C15H19N3O2S/c1-18-9-10(14(17-18)13-7-4-8-21-13)15(20)16-11-5-2-3-6-12(11)19/h4,7-9,11-12,19H,2-3,5-6H2,1H3,(H,16,20). The van der Waals surface area contributed by atoms with Crippen molar-refractivity contribution in [2.24, 2.45) is 7.05 Å². The molecule has 0 saturated heterocycles. The fourth-order valence-electron chi connectivity index (χ4n) is 2.78. The van der Waals surface area contributed by atoms with Crippen LogP contribution in [0.25, 0.3) is 10.6 Å². The predicted molar refractivity (Wildman–Crippen MR) is 82.3 cm³/mol. The van der Waals surface area contributed by atoms with E-state index in [9.17, 15) is 9.90 Å². The Balaban J connectivity index is 1.81. The van der Waals surface area contributed by atoms with Crippen LogP contribution in [0.5, 0.6) is 0 Å². The molecule has 1 amide bonds. The third kappa shape index (κ3) is 3.01. The van der Waals surface area contributed by atoms with Crippen LogP contribution in [0, 0.1) is 0 Å². The van der Waals surface area contributed by atoms with Gasteiger partial charge in [-0.3, -0.25) is 9.48 Å². The highest BCUT2D eigenvalue weighted by atomic mass is 32.1. The van der Waals surface area contributed by atoms with E-state index < -0.39 is 6.10 Å². The maximum atomic E-state index is 12.5. The monoisotopic (exact) mass is 305 g/mol. The average molecular weight is 305 g/mol. The van der Waals surface area contributed by atoms with Gasteiger partial charge in [0, 0.05) is 13.2 Å². The lowest BCUT2D eigenvalue weighted by molar-refractivity contribution is 0.0717. The minimum Gasteiger partial charge on any atom is -0.391 e. The van der Waals surface area contributed by atoms with Crippen molar-refractivity contribution in [1.29, 1.82) is 0 Å². The van der Waals surface area contributed by atoms with E-state index >= 15 is 0 Å². The summed E-state index contributed by atoms with van der Waals surface area (Å²) in [5.74, 6) is -0.155. The van der Waals surface area contributed by atoms with Crippen molar-refractivity contribution in [2.75, 3.05) is 0 Å². The molecule has 0 radical (unpaired) electrons. The fourth-order valence-corrected chi connectivity index (χ4v) is 3.50. The van der Waals surface area contributed by atoms with Crippen molar-refractivity contribution in [3.8, 4) is 10.6 Å². The Hall–Kier alpha value is -1.66. The molecule has 21 heavy (non-hydrogen) atoms. The van der Waals surface area contributed by atoms with Crippen molar-refractivity contribution in [1.82, 2.24) is 15.1 Å². The van der Waals surface area contributed by atoms with E-state index in [1.54, 1.807) is 22.2 Å². The summed E-state index contributed by atoms with van der Waals surface area (Å²) in [6.45, 7) is 0. The van der Waals surface area contributed by atoms with Gasteiger partial charge in [-0.25, -0.2) is 0 Å². The molecule has 2 unspecified atom stereocenters. The summed E-state index contributed by atoms with van der Waals surface area (Å²) in [7, 11) is 1.81. The molecule has 0 spiro atoms. The number of amides is 1. The molecule has 2 N–H and O–H groups in total. The van der Waals surface area contributed by atoms with Crippen LogP contribution < -0.4 is 5.32 Å². The first-order valence-corrected chi connectivity index (χ1v) is 8.09. The summed E-state index contributed by atoms with van der Waals surface area (Å²) in [6, 6.07) is 3.75. The van der Waals surface area contributed by atoms with Crippen molar-refractivity contribution < 1.29 is 9.90 Å². The summed E-state index contributed by atoms with van der Waals surface area (Å²) in [4.78, 5) is 13.5. The van der Waals surface area contributed by atoms with Crippen LogP contribution in [0.4, 0.5) is 0 Å². The number of aromatic nitrogens is 2. The summed E-state index contributed by atoms with van der Waals surface area (Å²) < 4.78 is 1.65. The van der Waals surface area contributed by atoms with E-state index in [4.69, 9.17) is 0 Å². The molecule has 3 rings (SSSR count). The minimum atomic E-state index is -0.440. The van der Waals surface area contributed by atoms with Crippen LogP contribution in [0.1, 0.15) is 36.0 Å². The zero-order valence-electron chi connectivity index (χ0n) is 12.0. The zero-order chi connectivity index (χ0) is 14.8. The Labute approximate surface area is 127 Å². The first-order valence-electron chi connectivity index (χ1n) is 7.21. The van der Waals surface area contributed by atoms with E-state index in [-0.39, 0.29) is 11.9 Å². The van der Waals surface area contributed by atoms with Gasteiger partial charge in [-0.2, -0.15) is 5.10 Å². The number of aliphatic hydroxyl groups excluding tert-OH is 1. The number of carbonyl (C=O) groups is 1. The molecule has 0 aromatic carbocycles. The maximum absolute atomic E-state index is 12.5. The van der Waals surface area contributed by atoms with Gasteiger partial charge in [0.05, 0.1) is 22.6 Å². The quantitative estimate of drug-likeness (QED) is 0.913. The number of hydrogen-bond acceptors (Lipinski definition) is 4. The predicted octanol–water partition coefficient (Wildman–Crippen LogP) is 2.18. The van der Waals surface area contributed by atoms with Crippen LogP contribution in [-0.2, 0) is 7.05 Å². The average Bonchev–Trinajstić information content (AvgIpc) is 3.10. The number of rotatable bonds is 3. The molecular formula is C15H19N3O2S. The molecule has 2 atom stereocenters. The molecule has 0 bridgehead atoms. The first-order chi connectivity index (χ1) is 10.1. The molecule has 0 aliphatic heterocycles. The van der Waals surface area contributed by atoms with Gasteiger partial charge >= 0.3 is 0 Å². The van der Waals surface area contributed by atoms with Crippen LogP contribution >= 0.6 is 11.3 Å². The molecule has 1 aliphatic carbocycles. The Morgan fingerprint density at radius 2 is 2.29 bits per heavy atom. The van der Waals surface area contributed by atoms with Gasteiger partial charge in [-0.05, 0) is 24.3 Å². The van der Waals surface area contributed by atoms with Crippen molar-refractivity contribution in [2.45, 2.75) is 37.8 Å². The van der Waals surface area contributed by atoms with E-state index in [1.807, 2.05) is 24.6 Å². The Kier molecular flexibility index (Phi) is 4.07. The molecule has 1 fully saturated rings. The molecule has 6 heteroatoms. The number of aryl methyl sites for hydroxylation is 1. The van der Waals surface area contributed by atoms with Crippen molar-refractivity contribution in [3.05, 3.63) is 29.3 Å². The van der Waals surface area contributed by atoms with E-state index in [0.29, 0.717) is 11.3 Å². The third-order valence-corrected chi connectivity index (χ3v) is 4.75. The fraction of sp³-hybridized carbons (Fsp3) is 0.467. The van der Waals surface area contributed by atoms with Gasteiger partial charge in [-0.15, -0.1) is 11.3 Å². The van der Waals surface area contributed by atoms with Crippen LogP contribution in [0.2, 0.25) is 0 Å². The summed E-state index contributed by atoms with van der Waals surface area (Å²) in [5, 5.41) is 19.3. The van der Waals surface area contributed by atoms with Crippen molar-refractivity contribution in [3.63, 3.8) is 0 Å². The first kappa shape index (κ1) is 14.3. The van der Waals surface area contributed by atoms with Crippen LogP contribution in [-0.4, -0.2) is 32.9 Å². The number of aliphatic hydroxyl groups is 1. The van der Waals surface area contributed by atoms with Crippen LogP contribution in [0.3, 0.4) is 0 Å². The molecule has 2 heterocycles. The number of nitrogens with zero attached hydrogens (tertiary/aromatic N) is 2. The summed E-state index contributed by atoms with van der Waals surface area (Å²) >= 11 is 1.56. The molecule has 1 aliphatic rings. The molecule has 112 valence electrons. The zero-order valence-corrected chi connectivity index (χ0v) is 12.8. The number of carbonyl (C=O) groups excluding carboxylic acids is 1. The third-order valence-electron chi connectivity index (χ3n) is 3.87. The Bertz CT molecular complexity index is 621. The molecule has 1 saturated carbocycles. The Morgan fingerprint density at radius 1 is 1.48 bits per heavy atom. The second-order valence-corrected chi connectivity index (χ2v) is 6.42. The molecule has 5 nitrogen and oxygen atoms in total. The van der Waals surface area contributed by atoms with Gasteiger partial charge in [0.1, 0.15) is 5.69 Å². The normalized spacial score (nSPS) is 22.2. The Morgan fingerprint density at radius 3 is 3.00 bits per heavy atom. The number of thiophene rings is 1. The van der Waals surface area contributed by atoms with Gasteiger partial charge in [0.25, 0.3) is 5.91 Å². The van der Waals surface area contributed by atoms with E-state index in [1.165, 1.54) is 0 Å². The van der Waals surface area contributed by atoms with Gasteiger partial charge in [0.2, 0.25) is 0 Å². The molecule has 2 aromatic rings. The van der Waals surface area contributed by atoms with E-state index in [2.05, 4.69) is 10.4 Å². The highest BCUT2D eigenvalue weighted by molar-refractivity contribution is 7.13. The lowest BCUT2D eigenvalue weighted by Gasteiger charge is -2.28. The minimum absolute atomic E-state index is 0.150. The van der Waals surface area contributed by atoms with Gasteiger partial charge < -0.3 is 10.4 Å². The van der Waals surface area contributed by atoms with E-state index in [0.717, 1.165) is 30.6 Å². The highest BCUT2D eigenvalue weighted by Gasteiger charge is 2.26. The lowest BCUT2D eigenvalue weighted by Crippen LogP contribution is -2.45. The molecule has 2 aromatic heterocycles. The highest BCUT2D eigenvalue weighted by Crippen LogP contribution is 2.27. The lowest BCUT2D eigenvalue weighted by atomic mass is 9.92. The maximum Gasteiger partial charge on any atom is 0.255 e. The largest absolute Gasteiger partial charge is 0.391 e.